The van der Waals surface area contributed by atoms with Gasteiger partial charge in [-0.05, 0) is 0 Å². The molecule has 0 unspecified atom stereocenters. The van der Waals surface area contributed by atoms with E-state index in [1.54, 1.807) is 0 Å². The Morgan fingerprint density at radius 3 is 2.67 bits per heavy atom. The molecule has 0 aromatic carbocycles. The second-order valence-electron chi connectivity index (χ2n) is 2.84. The lowest BCUT2D eigenvalue weighted by molar-refractivity contribution is -0.127. The molecule has 0 amide bonds. The maximum atomic E-state index is 12.0. The van der Waals surface area contributed by atoms with E-state index in [-0.39, 0.29) is 24.7 Å². The summed E-state index contributed by atoms with van der Waals surface area (Å²) >= 11 is 0. The smallest absolute Gasteiger partial charge is 0.394 e. The molecule has 1 aromatic heterocycles. The molecule has 0 aliphatic rings. The molecule has 0 spiro atoms. The maximum absolute atomic E-state index is 12.0. The molecule has 1 rings (SSSR count). The molecule has 15 heavy (non-hydrogen) atoms. The number of nitrogens with zero attached hydrogens (tertiary/aromatic N) is 2. The monoisotopic (exact) mass is 221 g/mol. The maximum Gasteiger partial charge on any atom is 0.394 e. The topological polar surface area (TPSA) is 58.0 Å². The molecule has 7 heteroatoms. The molecule has 0 aliphatic carbocycles. The van der Waals surface area contributed by atoms with E-state index in [4.69, 9.17) is 5.11 Å². The van der Waals surface area contributed by atoms with Crippen LogP contribution in [0.5, 0.6) is 0 Å². The first kappa shape index (κ1) is 11.7. The van der Waals surface area contributed by atoms with E-state index in [0.29, 0.717) is 0 Å². The summed E-state index contributed by atoms with van der Waals surface area (Å²) in [6.45, 7) is 0.126. The van der Waals surface area contributed by atoms with Crippen LogP contribution in [-0.4, -0.2) is 34.4 Å². The summed E-state index contributed by atoms with van der Waals surface area (Å²) < 4.78 is 36.0. The first-order valence-electron chi connectivity index (χ1n) is 4.23. The highest BCUT2D eigenvalue weighted by Gasteiger charge is 2.28. The van der Waals surface area contributed by atoms with Crippen molar-refractivity contribution in [2.75, 3.05) is 18.5 Å². The molecule has 0 radical (unpaired) electrons. The number of aliphatic hydroxyl groups excluding tert-OH is 1. The largest absolute Gasteiger partial charge is 0.395 e. The predicted molar refractivity (Wildman–Crippen MR) is 47.4 cm³/mol. The Hall–Kier alpha value is -1.37. The number of nitrogens with one attached hydrogen (secondary N) is 1. The number of aromatic nitrogens is 2. The third-order valence-corrected chi connectivity index (χ3v) is 1.52. The minimum Gasteiger partial charge on any atom is -0.395 e. The SMILES string of the molecule is OCCNc1cc(CC(F)(F)F)ncn1. The van der Waals surface area contributed by atoms with Crippen LogP contribution in [0, 0.1) is 0 Å². The van der Waals surface area contributed by atoms with Crippen molar-refractivity contribution >= 4 is 5.82 Å². The number of hydrogen-bond acceptors (Lipinski definition) is 4. The molecule has 0 fully saturated rings. The number of alkyl halides is 3. The molecule has 0 saturated carbocycles. The van der Waals surface area contributed by atoms with Crippen molar-refractivity contribution in [1.29, 1.82) is 0 Å². The van der Waals surface area contributed by atoms with Gasteiger partial charge in [-0.1, -0.05) is 0 Å². The van der Waals surface area contributed by atoms with Gasteiger partial charge in [0.1, 0.15) is 12.1 Å². The molecular weight excluding hydrogens is 211 g/mol. The Morgan fingerprint density at radius 1 is 1.33 bits per heavy atom. The van der Waals surface area contributed by atoms with Crippen LogP contribution < -0.4 is 5.32 Å². The average Bonchev–Trinajstić information content (AvgIpc) is 2.12. The van der Waals surface area contributed by atoms with Gasteiger partial charge in [-0.15, -0.1) is 0 Å². The quantitative estimate of drug-likeness (QED) is 0.795. The average molecular weight is 221 g/mol. The molecular formula is C8H10F3N3O. The van der Waals surface area contributed by atoms with Crippen molar-refractivity contribution in [2.24, 2.45) is 0 Å². The van der Waals surface area contributed by atoms with E-state index >= 15 is 0 Å². The van der Waals surface area contributed by atoms with Crippen LogP contribution in [0.15, 0.2) is 12.4 Å². The van der Waals surface area contributed by atoms with E-state index in [2.05, 4.69) is 15.3 Å². The normalized spacial score (nSPS) is 11.5. The summed E-state index contributed by atoms with van der Waals surface area (Å²) in [6, 6.07) is 1.21. The zero-order chi connectivity index (χ0) is 11.3. The van der Waals surface area contributed by atoms with E-state index in [9.17, 15) is 13.2 Å². The van der Waals surface area contributed by atoms with Gasteiger partial charge in [0.05, 0.1) is 18.7 Å². The second-order valence-corrected chi connectivity index (χ2v) is 2.84. The molecule has 0 saturated heterocycles. The van der Waals surface area contributed by atoms with Gasteiger partial charge in [0.15, 0.2) is 0 Å². The highest BCUT2D eigenvalue weighted by Crippen LogP contribution is 2.20. The fourth-order valence-electron chi connectivity index (χ4n) is 0.980. The first-order chi connectivity index (χ1) is 7.01. The molecule has 4 nitrogen and oxygen atoms in total. The highest BCUT2D eigenvalue weighted by atomic mass is 19.4. The lowest BCUT2D eigenvalue weighted by Gasteiger charge is -2.07. The van der Waals surface area contributed by atoms with Crippen LogP contribution in [0.1, 0.15) is 5.69 Å². The van der Waals surface area contributed by atoms with Crippen molar-refractivity contribution in [1.82, 2.24) is 9.97 Å². The summed E-state index contributed by atoms with van der Waals surface area (Å²) in [5.74, 6) is 0.276. The number of halogens is 3. The number of hydrogen-bond donors (Lipinski definition) is 2. The van der Waals surface area contributed by atoms with Crippen molar-refractivity contribution in [3.63, 3.8) is 0 Å². The van der Waals surface area contributed by atoms with E-state index < -0.39 is 12.6 Å². The van der Waals surface area contributed by atoms with Crippen LogP contribution >= 0.6 is 0 Å². The summed E-state index contributed by atoms with van der Waals surface area (Å²) in [5.41, 5.74) is -0.0991. The lowest BCUT2D eigenvalue weighted by Crippen LogP contribution is -2.14. The van der Waals surface area contributed by atoms with Crippen LogP contribution in [0.25, 0.3) is 0 Å². The fourth-order valence-corrected chi connectivity index (χ4v) is 0.980. The second kappa shape index (κ2) is 4.92. The number of aliphatic hydroxyl groups is 1. The summed E-state index contributed by atoms with van der Waals surface area (Å²) in [6.07, 6.45) is -4.30. The predicted octanol–water partition coefficient (Wildman–Crippen LogP) is 0.986. The summed E-state index contributed by atoms with van der Waals surface area (Å²) in [4.78, 5) is 7.21. The zero-order valence-corrected chi connectivity index (χ0v) is 7.75. The van der Waals surface area contributed by atoms with Gasteiger partial charge in [0.25, 0.3) is 0 Å². The van der Waals surface area contributed by atoms with Crippen molar-refractivity contribution in [3.8, 4) is 0 Å². The molecule has 2 N–H and O–H groups in total. The molecule has 0 aliphatic heterocycles. The van der Waals surface area contributed by atoms with Crippen molar-refractivity contribution in [2.45, 2.75) is 12.6 Å². The van der Waals surface area contributed by atoms with Gasteiger partial charge in [0, 0.05) is 12.6 Å². The lowest BCUT2D eigenvalue weighted by atomic mass is 10.3. The van der Waals surface area contributed by atoms with Gasteiger partial charge in [0.2, 0.25) is 0 Å². The van der Waals surface area contributed by atoms with Gasteiger partial charge >= 0.3 is 6.18 Å². The number of rotatable bonds is 4. The molecule has 1 aromatic rings. The molecule has 0 atom stereocenters. The van der Waals surface area contributed by atoms with Gasteiger partial charge < -0.3 is 10.4 Å². The van der Waals surface area contributed by atoms with Crippen LogP contribution in [0.3, 0.4) is 0 Å². The van der Waals surface area contributed by atoms with Crippen LogP contribution in [-0.2, 0) is 6.42 Å². The van der Waals surface area contributed by atoms with Crippen LogP contribution in [0.4, 0.5) is 19.0 Å². The minimum atomic E-state index is -4.28. The Bertz CT molecular complexity index is 316. The Morgan fingerprint density at radius 2 is 2.07 bits per heavy atom. The van der Waals surface area contributed by atoms with E-state index in [1.807, 2.05) is 0 Å². The Labute approximate surface area is 84.2 Å². The van der Waals surface area contributed by atoms with E-state index in [1.165, 1.54) is 6.07 Å². The number of anilines is 1. The van der Waals surface area contributed by atoms with Crippen molar-refractivity contribution < 1.29 is 18.3 Å². The first-order valence-corrected chi connectivity index (χ1v) is 4.23. The third-order valence-electron chi connectivity index (χ3n) is 1.52. The van der Waals surface area contributed by atoms with Gasteiger partial charge in [-0.2, -0.15) is 13.2 Å². The van der Waals surface area contributed by atoms with Crippen LogP contribution in [0.2, 0.25) is 0 Å². The van der Waals surface area contributed by atoms with Gasteiger partial charge in [-0.25, -0.2) is 9.97 Å². The third kappa shape index (κ3) is 4.59. The minimum absolute atomic E-state index is 0.0991. The summed E-state index contributed by atoms with van der Waals surface area (Å²) in [7, 11) is 0. The molecule has 1 heterocycles. The Balaban J connectivity index is 2.66. The highest BCUT2D eigenvalue weighted by molar-refractivity contribution is 5.34. The Kier molecular flexibility index (Phi) is 3.84. The van der Waals surface area contributed by atoms with Gasteiger partial charge in [-0.3, -0.25) is 0 Å². The standard InChI is InChI=1S/C8H10F3N3O/c9-8(10,11)4-6-3-7(12-1-2-15)14-5-13-6/h3,5,15H,1-2,4H2,(H,12,13,14). The zero-order valence-electron chi connectivity index (χ0n) is 7.75. The van der Waals surface area contributed by atoms with E-state index in [0.717, 1.165) is 6.33 Å². The van der Waals surface area contributed by atoms with Crippen molar-refractivity contribution in [3.05, 3.63) is 18.1 Å². The molecule has 0 bridgehead atoms. The fraction of sp³-hybridized carbons (Fsp3) is 0.500. The molecule has 84 valence electrons. The summed E-state index contributed by atoms with van der Waals surface area (Å²) in [5, 5.41) is 11.1.